The van der Waals surface area contributed by atoms with Gasteiger partial charge < -0.3 is 10.8 Å². The summed E-state index contributed by atoms with van der Waals surface area (Å²) in [5.74, 6) is -0.484. The van der Waals surface area contributed by atoms with Crippen molar-refractivity contribution in [1.29, 1.82) is 0 Å². The molecular weight excluding hydrogens is 296 g/mol. The Labute approximate surface area is 113 Å². The van der Waals surface area contributed by atoms with E-state index in [4.69, 9.17) is 5.73 Å². The minimum absolute atomic E-state index is 0.418. The van der Waals surface area contributed by atoms with Crippen LogP contribution in [0.1, 0.15) is 27.6 Å². The molecule has 18 heavy (non-hydrogen) atoms. The Morgan fingerprint density at radius 3 is 2.44 bits per heavy atom. The van der Waals surface area contributed by atoms with Gasteiger partial charge in [-0.05, 0) is 51.3 Å². The van der Waals surface area contributed by atoms with E-state index in [1.165, 1.54) is 0 Å². The molecule has 0 aliphatic rings. The summed E-state index contributed by atoms with van der Waals surface area (Å²) >= 11 is 3.25. The van der Waals surface area contributed by atoms with Crippen molar-refractivity contribution in [2.24, 2.45) is 5.73 Å². The number of halogens is 1. The number of aliphatic hydroxyl groups excluding tert-OH is 1. The molecule has 1 atom stereocenters. The maximum absolute atomic E-state index is 10.9. The summed E-state index contributed by atoms with van der Waals surface area (Å²) in [6.45, 7) is 0. The van der Waals surface area contributed by atoms with Crippen molar-refractivity contribution in [2.75, 3.05) is 0 Å². The maximum atomic E-state index is 10.9. The fraction of sp³-hybridized carbons (Fsp3) is 0.0769. The molecule has 1 heterocycles. The average molecular weight is 307 g/mol. The second-order valence-electron chi connectivity index (χ2n) is 3.80. The van der Waals surface area contributed by atoms with Crippen LogP contribution in [0.3, 0.4) is 0 Å². The van der Waals surface area contributed by atoms with Crippen molar-refractivity contribution in [3.05, 3.63) is 63.9 Å². The van der Waals surface area contributed by atoms with Gasteiger partial charge in [0.05, 0.1) is 0 Å². The standard InChI is InChI=1S/C13H11BrN2O2/c14-11-7-10(5-6-16-11)12(17)8-1-3-9(4-2-8)13(15)18/h1-7,12,17H,(H2,15,18). The second-order valence-corrected chi connectivity index (χ2v) is 4.61. The lowest BCUT2D eigenvalue weighted by atomic mass is 10.0. The van der Waals surface area contributed by atoms with E-state index in [1.54, 1.807) is 42.6 Å². The molecule has 0 saturated carbocycles. The molecule has 3 N–H and O–H groups in total. The summed E-state index contributed by atoms with van der Waals surface area (Å²) < 4.78 is 0.660. The van der Waals surface area contributed by atoms with Crippen LogP contribution in [0.2, 0.25) is 0 Å². The van der Waals surface area contributed by atoms with Crippen molar-refractivity contribution >= 4 is 21.8 Å². The molecule has 0 fully saturated rings. The number of pyridine rings is 1. The number of hydrogen-bond acceptors (Lipinski definition) is 3. The Morgan fingerprint density at radius 2 is 1.89 bits per heavy atom. The van der Waals surface area contributed by atoms with Crippen LogP contribution in [-0.2, 0) is 0 Å². The third-order valence-corrected chi connectivity index (χ3v) is 3.01. The molecule has 1 amide bonds. The Bertz CT molecular complexity index is 569. The molecule has 2 rings (SSSR count). The van der Waals surface area contributed by atoms with Crippen LogP contribution in [0.25, 0.3) is 0 Å². The van der Waals surface area contributed by atoms with Gasteiger partial charge in [-0.25, -0.2) is 4.98 Å². The number of primary amides is 1. The van der Waals surface area contributed by atoms with Crippen LogP contribution in [-0.4, -0.2) is 16.0 Å². The summed E-state index contributed by atoms with van der Waals surface area (Å²) in [7, 11) is 0. The number of benzene rings is 1. The van der Waals surface area contributed by atoms with E-state index in [9.17, 15) is 9.90 Å². The fourth-order valence-electron chi connectivity index (χ4n) is 1.61. The number of rotatable bonds is 3. The molecule has 1 unspecified atom stereocenters. The highest BCUT2D eigenvalue weighted by Crippen LogP contribution is 2.23. The average Bonchev–Trinajstić information content (AvgIpc) is 2.38. The zero-order valence-electron chi connectivity index (χ0n) is 9.38. The lowest BCUT2D eigenvalue weighted by Crippen LogP contribution is -2.11. The first kappa shape index (κ1) is 12.7. The monoisotopic (exact) mass is 306 g/mol. The Kier molecular flexibility index (Phi) is 3.74. The van der Waals surface area contributed by atoms with Crippen LogP contribution < -0.4 is 5.73 Å². The Balaban J connectivity index is 2.28. The lowest BCUT2D eigenvalue weighted by Gasteiger charge is -2.11. The van der Waals surface area contributed by atoms with E-state index in [-0.39, 0.29) is 0 Å². The lowest BCUT2D eigenvalue weighted by molar-refractivity contribution is 0.1000. The zero-order chi connectivity index (χ0) is 13.1. The summed E-state index contributed by atoms with van der Waals surface area (Å²) in [4.78, 5) is 14.9. The summed E-state index contributed by atoms with van der Waals surface area (Å²) in [5, 5.41) is 10.2. The van der Waals surface area contributed by atoms with Gasteiger partial charge in [0.15, 0.2) is 0 Å². The molecule has 0 aliphatic carbocycles. The molecule has 0 spiro atoms. The maximum Gasteiger partial charge on any atom is 0.248 e. The number of carbonyl (C=O) groups is 1. The molecule has 0 aliphatic heterocycles. The normalized spacial score (nSPS) is 12.1. The molecule has 92 valence electrons. The predicted molar refractivity (Wildman–Crippen MR) is 71.0 cm³/mol. The molecule has 0 saturated heterocycles. The number of amides is 1. The van der Waals surface area contributed by atoms with Crippen LogP contribution >= 0.6 is 15.9 Å². The van der Waals surface area contributed by atoms with E-state index < -0.39 is 12.0 Å². The van der Waals surface area contributed by atoms with Gasteiger partial charge in [-0.15, -0.1) is 0 Å². The first-order chi connectivity index (χ1) is 8.58. The first-order valence-corrected chi connectivity index (χ1v) is 6.06. The van der Waals surface area contributed by atoms with Crippen molar-refractivity contribution in [1.82, 2.24) is 4.98 Å². The highest BCUT2D eigenvalue weighted by molar-refractivity contribution is 9.10. The number of nitrogens with two attached hydrogens (primary N) is 1. The molecule has 0 radical (unpaired) electrons. The quantitative estimate of drug-likeness (QED) is 0.852. The van der Waals surface area contributed by atoms with Gasteiger partial charge in [0.1, 0.15) is 10.7 Å². The summed E-state index contributed by atoms with van der Waals surface area (Å²) in [6.07, 6.45) is 0.853. The molecule has 0 bridgehead atoms. The van der Waals surface area contributed by atoms with Gasteiger partial charge in [0.25, 0.3) is 0 Å². The van der Waals surface area contributed by atoms with E-state index in [0.29, 0.717) is 15.7 Å². The minimum atomic E-state index is -0.758. The highest BCUT2D eigenvalue weighted by Gasteiger charge is 2.11. The van der Waals surface area contributed by atoms with Gasteiger partial charge in [0.2, 0.25) is 5.91 Å². The van der Waals surface area contributed by atoms with Crippen molar-refractivity contribution in [3.63, 3.8) is 0 Å². The number of hydrogen-bond donors (Lipinski definition) is 2. The molecule has 1 aromatic carbocycles. The third kappa shape index (κ3) is 2.75. The van der Waals surface area contributed by atoms with Crippen LogP contribution in [0.15, 0.2) is 47.2 Å². The SMILES string of the molecule is NC(=O)c1ccc(C(O)c2ccnc(Br)c2)cc1. The summed E-state index contributed by atoms with van der Waals surface area (Å²) in [5.41, 5.74) is 6.99. The molecule has 1 aromatic heterocycles. The number of carbonyl (C=O) groups excluding carboxylic acids is 1. The predicted octanol–water partition coefficient (Wildman–Crippen LogP) is 2.02. The molecule has 2 aromatic rings. The topological polar surface area (TPSA) is 76.2 Å². The van der Waals surface area contributed by atoms with Crippen LogP contribution in [0, 0.1) is 0 Å². The van der Waals surface area contributed by atoms with Crippen LogP contribution in [0.5, 0.6) is 0 Å². The van der Waals surface area contributed by atoms with Crippen molar-refractivity contribution in [3.8, 4) is 0 Å². The van der Waals surface area contributed by atoms with Gasteiger partial charge in [0, 0.05) is 11.8 Å². The van der Waals surface area contributed by atoms with E-state index in [1.807, 2.05) is 0 Å². The number of aliphatic hydroxyl groups is 1. The van der Waals surface area contributed by atoms with Gasteiger partial charge in [-0.3, -0.25) is 4.79 Å². The van der Waals surface area contributed by atoms with Crippen molar-refractivity contribution < 1.29 is 9.90 Å². The smallest absolute Gasteiger partial charge is 0.248 e. The largest absolute Gasteiger partial charge is 0.384 e. The van der Waals surface area contributed by atoms with Gasteiger partial charge in [-0.2, -0.15) is 0 Å². The van der Waals surface area contributed by atoms with Gasteiger partial charge in [-0.1, -0.05) is 12.1 Å². The number of nitrogens with zero attached hydrogens (tertiary/aromatic N) is 1. The third-order valence-electron chi connectivity index (χ3n) is 2.58. The fourth-order valence-corrected chi connectivity index (χ4v) is 1.99. The molecule has 5 heteroatoms. The van der Waals surface area contributed by atoms with E-state index in [0.717, 1.165) is 5.56 Å². The van der Waals surface area contributed by atoms with Gasteiger partial charge >= 0.3 is 0 Å². The summed E-state index contributed by atoms with van der Waals surface area (Å²) in [6, 6.07) is 10.0. The zero-order valence-corrected chi connectivity index (χ0v) is 11.0. The number of aromatic nitrogens is 1. The Hall–Kier alpha value is -1.72. The van der Waals surface area contributed by atoms with Crippen molar-refractivity contribution in [2.45, 2.75) is 6.10 Å². The second kappa shape index (κ2) is 5.29. The minimum Gasteiger partial charge on any atom is -0.384 e. The van der Waals surface area contributed by atoms with E-state index >= 15 is 0 Å². The van der Waals surface area contributed by atoms with Crippen LogP contribution in [0.4, 0.5) is 0 Å². The molecule has 4 nitrogen and oxygen atoms in total. The first-order valence-electron chi connectivity index (χ1n) is 5.27. The Morgan fingerprint density at radius 1 is 1.22 bits per heavy atom. The molecular formula is C13H11BrN2O2. The highest BCUT2D eigenvalue weighted by atomic mass is 79.9. The van der Waals surface area contributed by atoms with E-state index in [2.05, 4.69) is 20.9 Å².